The average molecular weight is 252 g/mol. The number of piperazine rings is 1. The molecule has 0 bridgehead atoms. The lowest BCUT2D eigenvalue weighted by Gasteiger charge is -2.40. The largest absolute Gasteiger partial charge is 0.389 e. The Kier molecular flexibility index (Phi) is 3.88. The second-order valence-electron chi connectivity index (χ2n) is 5.13. The van der Waals surface area contributed by atoms with Crippen molar-refractivity contribution >= 4 is 5.69 Å². The van der Waals surface area contributed by atoms with E-state index in [1.54, 1.807) is 19.1 Å². The van der Waals surface area contributed by atoms with Gasteiger partial charge in [0.15, 0.2) is 0 Å². The second-order valence-corrected chi connectivity index (χ2v) is 5.13. The summed E-state index contributed by atoms with van der Waals surface area (Å²) >= 11 is 0. The van der Waals surface area contributed by atoms with Crippen LogP contribution in [0.5, 0.6) is 0 Å². The molecule has 1 heterocycles. The molecule has 4 heteroatoms. The minimum atomic E-state index is -0.648. The molecule has 100 valence electrons. The Morgan fingerprint density at radius 1 is 1.39 bits per heavy atom. The molecular weight excluding hydrogens is 231 g/mol. The van der Waals surface area contributed by atoms with Crippen molar-refractivity contribution in [2.24, 2.45) is 0 Å². The zero-order valence-corrected chi connectivity index (χ0v) is 11.2. The fraction of sp³-hybridized carbons (Fsp3) is 0.571. The highest BCUT2D eigenvalue weighted by atomic mass is 19.1. The summed E-state index contributed by atoms with van der Waals surface area (Å²) in [6.45, 7) is 6.31. The van der Waals surface area contributed by atoms with Crippen LogP contribution in [-0.2, 0) is 0 Å². The molecule has 1 saturated heterocycles. The Morgan fingerprint density at radius 3 is 2.72 bits per heavy atom. The number of benzene rings is 1. The van der Waals surface area contributed by atoms with Crippen LogP contribution in [0.25, 0.3) is 0 Å². The van der Waals surface area contributed by atoms with E-state index in [-0.39, 0.29) is 5.82 Å². The molecular formula is C14H21FN2O. The van der Waals surface area contributed by atoms with E-state index in [0.29, 0.717) is 17.3 Å². The molecule has 0 aliphatic carbocycles. The molecule has 2 atom stereocenters. The lowest BCUT2D eigenvalue weighted by Crippen LogP contribution is -2.50. The zero-order valence-electron chi connectivity index (χ0n) is 11.2. The lowest BCUT2D eigenvalue weighted by molar-refractivity contribution is 0.197. The van der Waals surface area contributed by atoms with Crippen molar-refractivity contribution in [3.63, 3.8) is 0 Å². The number of aliphatic hydroxyl groups is 1. The van der Waals surface area contributed by atoms with Gasteiger partial charge in [-0.25, -0.2) is 4.39 Å². The summed E-state index contributed by atoms with van der Waals surface area (Å²) in [5.74, 6) is -0.245. The Hall–Kier alpha value is -1.13. The summed E-state index contributed by atoms with van der Waals surface area (Å²) < 4.78 is 14.1. The number of likely N-dealkylation sites (N-methyl/N-ethyl adjacent to an activating group) is 1. The average Bonchev–Trinajstić information content (AvgIpc) is 2.32. The van der Waals surface area contributed by atoms with Crippen molar-refractivity contribution in [3.05, 3.63) is 29.6 Å². The first-order valence-electron chi connectivity index (χ1n) is 6.42. The first kappa shape index (κ1) is 13.3. The molecule has 1 aliphatic heterocycles. The van der Waals surface area contributed by atoms with Gasteiger partial charge in [0.05, 0.1) is 11.8 Å². The van der Waals surface area contributed by atoms with E-state index in [9.17, 15) is 9.50 Å². The first-order valence-corrected chi connectivity index (χ1v) is 6.42. The zero-order chi connectivity index (χ0) is 13.3. The first-order chi connectivity index (χ1) is 8.50. The molecule has 3 nitrogen and oxygen atoms in total. The number of halogens is 1. The summed E-state index contributed by atoms with van der Waals surface area (Å²) in [4.78, 5) is 4.31. The van der Waals surface area contributed by atoms with Crippen LogP contribution >= 0.6 is 0 Å². The van der Waals surface area contributed by atoms with Crippen LogP contribution in [0.3, 0.4) is 0 Å². The van der Waals surface area contributed by atoms with Gasteiger partial charge in [-0.15, -0.1) is 0 Å². The predicted octanol–water partition coefficient (Wildman–Crippen LogP) is 2.02. The Balaban J connectivity index is 2.33. The molecule has 1 aliphatic rings. The van der Waals surface area contributed by atoms with E-state index in [2.05, 4.69) is 18.9 Å². The van der Waals surface area contributed by atoms with Crippen molar-refractivity contribution in [2.75, 3.05) is 31.6 Å². The molecule has 0 saturated carbocycles. The van der Waals surface area contributed by atoms with Gasteiger partial charge in [-0.3, -0.25) is 0 Å². The van der Waals surface area contributed by atoms with Gasteiger partial charge in [0.25, 0.3) is 0 Å². The van der Waals surface area contributed by atoms with Crippen LogP contribution < -0.4 is 4.90 Å². The molecule has 0 aromatic heterocycles. The Labute approximate surface area is 108 Å². The molecule has 0 spiro atoms. The van der Waals surface area contributed by atoms with E-state index in [1.165, 1.54) is 6.07 Å². The molecule has 18 heavy (non-hydrogen) atoms. The van der Waals surface area contributed by atoms with Gasteiger partial charge in [-0.05, 0) is 27.0 Å². The molecule has 2 rings (SSSR count). The van der Waals surface area contributed by atoms with Crippen molar-refractivity contribution in [1.82, 2.24) is 4.90 Å². The summed E-state index contributed by atoms with van der Waals surface area (Å²) in [5.41, 5.74) is 1.24. The van der Waals surface area contributed by atoms with Crippen LogP contribution in [0.15, 0.2) is 18.2 Å². The standard InChI is InChI=1S/C14H21FN2O/c1-10-9-17(8-7-16(10)3)14-12(11(2)18)5-4-6-13(14)15/h4-6,10-11,18H,7-9H2,1-3H3/t10?,11-/m0/s1. The minimum absolute atomic E-state index is 0.245. The van der Waals surface area contributed by atoms with Gasteiger partial charge in [-0.1, -0.05) is 12.1 Å². The monoisotopic (exact) mass is 252 g/mol. The number of para-hydroxylation sites is 1. The third-order valence-corrected chi connectivity index (χ3v) is 3.74. The van der Waals surface area contributed by atoms with Gasteiger partial charge in [0.1, 0.15) is 5.82 Å². The molecule has 1 aromatic rings. The SMILES string of the molecule is CC1CN(c2c(F)cccc2[C@H](C)O)CCN1C. The van der Waals surface area contributed by atoms with E-state index < -0.39 is 6.10 Å². The van der Waals surface area contributed by atoms with Gasteiger partial charge < -0.3 is 14.9 Å². The van der Waals surface area contributed by atoms with E-state index in [4.69, 9.17) is 0 Å². The number of hydrogen-bond acceptors (Lipinski definition) is 3. The number of aliphatic hydroxyl groups excluding tert-OH is 1. The lowest BCUT2D eigenvalue weighted by atomic mass is 10.0. The number of hydrogen-bond donors (Lipinski definition) is 1. The van der Waals surface area contributed by atoms with Crippen molar-refractivity contribution in [3.8, 4) is 0 Å². The van der Waals surface area contributed by atoms with Crippen LogP contribution in [0, 0.1) is 5.82 Å². The van der Waals surface area contributed by atoms with Crippen molar-refractivity contribution in [1.29, 1.82) is 0 Å². The third-order valence-electron chi connectivity index (χ3n) is 3.74. The summed E-state index contributed by atoms with van der Waals surface area (Å²) in [6.07, 6.45) is -0.648. The van der Waals surface area contributed by atoms with Gasteiger partial charge in [0, 0.05) is 31.2 Å². The smallest absolute Gasteiger partial charge is 0.146 e. The summed E-state index contributed by atoms with van der Waals surface area (Å²) in [5, 5.41) is 9.77. The molecule has 1 fully saturated rings. The fourth-order valence-electron chi connectivity index (χ4n) is 2.45. The highest BCUT2D eigenvalue weighted by Gasteiger charge is 2.25. The quantitative estimate of drug-likeness (QED) is 0.872. The predicted molar refractivity (Wildman–Crippen MR) is 71.3 cm³/mol. The van der Waals surface area contributed by atoms with Gasteiger partial charge in [0.2, 0.25) is 0 Å². The maximum absolute atomic E-state index is 14.1. The number of nitrogens with zero attached hydrogens (tertiary/aromatic N) is 2. The minimum Gasteiger partial charge on any atom is -0.389 e. The van der Waals surface area contributed by atoms with E-state index in [0.717, 1.165) is 19.6 Å². The van der Waals surface area contributed by atoms with E-state index >= 15 is 0 Å². The van der Waals surface area contributed by atoms with Crippen LogP contribution in [-0.4, -0.2) is 42.7 Å². The number of anilines is 1. The maximum atomic E-state index is 14.1. The molecule has 0 radical (unpaired) electrons. The second kappa shape index (κ2) is 5.24. The third kappa shape index (κ3) is 2.49. The van der Waals surface area contributed by atoms with Crippen molar-refractivity contribution < 1.29 is 9.50 Å². The van der Waals surface area contributed by atoms with E-state index in [1.807, 2.05) is 4.90 Å². The molecule has 1 N–H and O–H groups in total. The topological polar surface area (TPSA) is 26.7 Å². The Morgan fingerprint density at radius 2 is 2.11 bits per heavy atom. The van der Waals surface area contributed by atoms with Crippen LogP contribution in [0.2, 0.25) is 0 Å². The summed E-state index contributed by atoms with van der Waals surface area (Å²) in [6, 6.07) is 5.30. The van der Waals surface area contributed by atoms with Crippen LogP contribution in [0.4, 0.5) is 10.1 Å². The maximum Gasteiger partial charge on any atom is 0.146 e. The Bertz CT molecular complexity index is 422. The number of rotatable bonds is 2. The van der Waals surface area contributed by atoms with Crippen molar-refractivity contribution in [2.45, 2.75) is 26.0 Å². The fourth-order valence-corrected chi connectivity index (χ4v) is 2.45. The molecule has 0 amide bonds. The molecule has 1 aromatic carbocycles. The normalized spacial score (nSPS) is 23.2. The highest BCUT2D eigenvalue weighted by molar-refractivity contribution is 5.56. The highest BCUT2D eigenvalue weighted by Crippen LogP contribution is 2.30. The van der Waals surface area contributed by atoms with Gasteiger partial charge >= 0.3 is 0 Å². The molecule has 1 unspecified atom stereocenters. The van der Waals surface area contributed by atoms with Gasteiger partial charge in [-0.2, -0.15) is 0 Å². The van der Waals surface area contributed by atoms with Crippen LogP contribution in [0.1, 0.15) is 25.5 Å². The summed E-state index contributed by atoms with van der Waals surface area (Å²) in [7, 11) is 2.08.